The van der Waals surface area contributed by atoms with Crippen molar-refractivity contribution in [3.8, 4) is 0 Å². The van der Waals surface area contributed by atoms with Crippen molar-refractivity contribution in [1.29, 1.82) is 0 Å². The van der Waals surface area contributed by atoms with Gasteiger partial charge in [0.05, 0.1) is 6.26 Å². The van der Waals surface area contributed by atoms with Gasteiger partial charge in [0.25, 0.3) is 0 Å². The van der Waals surface area contributed by atoms with Crippen LogP contribution in [-0.4, -0.2) is 27.8 Å². The van der Waals surface area contributed by atoms with Crippen molar-refractivity contribution in [2.45, 2.75) is 57.1 Å². The molecule has 0 aromatic carbocycles. The molecule has 22 heavy (non-hydrogen) atoms. The number of aliphatic hydroxyl groups is 1. The molecule has 6 heteroatoms. The Morgan fingerprint density at radius 2 is 2.18 bits per heavy atom. The van der Waals surface area contributed by atoms with Crippen molar-refractivity contribution in [1.82, 2.24) is 15.5 Å². The number of nitrogens with one attached hydrogen (secondary N) is 1. The average Bonchev–Trinajstić information content (AvgIpc) is 3.24. The molecule has 2 heterocycles. The second-order valence-corrected chi connectivity index (χ2v) is 5.89. The highest BCUT2D eigenvalue weighted by Gasteiger charge is 2.26. The minimum Gasteiger partial charge on any atom is -0.467 e. The molecule has 0 spiro atoms. The molecule has 3 rings (SSSR count). The van der Waals surface area contributed by atoms with Gasteiger partial charge >= 0.3 is 0 Å². The van der Waals surface area contributed by atoms with E-state index >= 15 is 0 Å². The highest BCUT2D eigenvalue weighted by Crippen LogP contribution is 2.32. The van der Waals surface area contributed by atoms with Crippen LogP contribution in [-0.2, 0) is 6.42 Å². The van der Waals surface area contributed by atoms with E-state index in [-0.39, 0.29) is 0 Å². The Morgan fingerprint density at radius 3 is 2.82 bits per heavy atom. The van der Waals surface area contributed by atoms with Gasteiger partial charge in [0.1, 0.15) is 11.9 Å². The number of nitrogens with zero attached hydrogens (tertiary/aromatic N) is 2. The van der Waals surface area contributed by atoms with Gasteiger partial charge < -0.3 is 19.4 Å². The van der Waals surface area contributed by atoms with Gasteiger partial charge in [0.2, 0.25) is 5.89 Å². The van der Waals surface area contributed by atoms with Crippen LogP contribution in [0.3, 0.4) is 0 Å². The fourth-order valence-electron chi connectivity index (χ4n) is 2.98. The van der Waals surface area contributed by atoms with Crippen LogP contribution in [0.2, 0.25) is 0 Å². The lowest BCUT2D eigenvalue weighted by Gasteiger charge is -2.27. The van der Waals surface area contributed by atoms with Gasteiger partial charge in [0, 0.05) is 24.9 Å². The molecule has 2 N–H and O–H groups in total. The molecular weight excluding hydrogens is 282 g/mol. The summed E-state index contributed by atoms with van der Waals surface area (Å²) in [5, 5.41) is 17.4. The molecule has 2 aromatic heterocycles. The molecule has 0 aliphatic heterocycles. The number of aromatic nitrogens is 2. The van der Waals surface area contributed by atoms with E-state index < -0.39 is 6.10 Å². The molecule has 1 atom stereocenters. The third-order valence-electron chi connectivity index (χ3n) is 4.35. The van der Waals surface area contributed by atoms with Gasteiger partial charge in [-0.3, -0.25) is 0 Å². The van der Waals surface area contributed by atoms with Crippen LogP contribution in [0.4, 0.5) is 0 Å². The van der Waals surface area contributed by atoms with E-state index in [9.17, 15) is 5.11 Å². The molecular formula is C16H23N3O3. The van der Waals surface area contributed by atoms with Gasteiger partial charge in [-0.1, -0.05) is 12.1 Å². The molecule has 1 saturated carbocycles. The smallest absolute Gasteiger partial charge is 0.229 e. The normalized spacial score (nSPS) is 23.5. The van der Waals surface area contributed by atoms with Crippen LogP contribution in [0.25, 0.3) is 0 Å². The minimum absolute atomic E-state index is 0.376. The zero-order valence-corrected chi connectivity index (χ0v) is 12.9. The fraction of sp³-hybridized carbons (Fsp3) is 0.625. The van der Waals surface area contributed by atoms with Gasteiger partial charge in [-0.2, -0.15) is 4.98 Å². The van der Waals surface area contributed by atoms with Crippen LogP contribution in [0.1, 0.15) is 62.1 Å². The lowest BCUT2D eigenvalue weighted by Crippen LogP contribution is -2.35. The minimum atomic E-state index is -0.587. The molecule has 0 saturated heterocycles. The summed E-state index contributed by atoms with van der Waals surface area (Å²) in [4.78, 5) is 4.43. The molecule has 0 bridgehead atoms. The second-order valence-electron chi connectivity index (χ2n) is 5.89. The third kappa shape index (κ3) is 3.56. The summed E-state index contributed by atoms with van der Waals surface area (Å²) in [5.41, 5.74) is 0. The molecule has 120 valence electrons. The maximum atomic E-state index is 10.0. The first kappa shape index (κ1) is 15.2. The van der Waals surface area contributed by atoms with E-state index in [1.165, 1.54) is 0 Å². The average molecular weight is 305 g/mol. The van der Waals surface area contributed by atoms with Gasteiger partial charge in [-0.25, -0.2) is 0 Å². The zero-order valence-electron chi connectivity index (χ0n) is 12.9. The Balaban J connectivity index is 1.43. The van der Waals surface area contributed by atoms with E-state index in [1.807, 2.05) is 6.92 Å². The van der Waals surface area contributed by atoms with Crippen LogP contribution >= 0.6 is 0 Å². The number of hydrogen-bond donors (Lipinski definition) is 2. The molecule has 0 radical (unpaired) electrons. The van der Waals surface area contributed by atoms with Gasteiger partial charge in [0.15, 0.2) is 5.82 Å². The Bertz CT molecular complexity index is 559. The topological polar surface area (TPSA) is 84.3 Å². The predicted octanol–water partition coefficient (Wildman–Crippen LogP) is 2.57. The Morgan fingerprint density at radius 1 is 1.36 bits per heavy atom. The van der Waals surface area contributed by atoms with Crippen molar-refractivity contribution < 1.29 is 14.0 Å². The van der Waals surface area contributed by atoms with Crippen LogP contribution in [0.15, 0.2) is 27.3 Å². The van der Waals surface area contributed by atoms with Gasteiger partial charge in [-0.05, 0) is 37.8 Å². The Kier molecular flexibility index (Phi) is 4.90. The van der Waals surface area contributed by atoms with Crippen molar-refractivity contribution in [2.24, 2.45) is 0 Å². The van der Waals surface area contributed by atoms with E-state index in [0.29, 0.717) is 24.3 Å². The molecule has 0 amide bonds. The number of rotatable bonds is 6. The maximum Gasteiger partial charge on any atom is 0.229 e. The largest absolute Gasteiger partial charge is 0.467 e. The lowest BCUT2D eigenvalue weighted by atomic mass is 9.86. The Hall–Kier alpha value is -1.66. The molecule has 2 aromatic rings. The van der Waals surface area contributed by atoms with Crippen molar-refractivity contribution in [2.75, 3.05) is 6.54 Å². The standard InChI is InChI=1S/C16H23N3O3/c1-2-15-18-16(22-19-15)11-5-7-12(8-6-11)17-10-13(20)14-4-3-9-21-14/h3-4,9,11-13,17,20H,2,5-8,10H2,1H3/t11?,12?,13-/m1/s1. The first-order valence-corrected chi connectivity index (χ1v) is 8.03. The Labute approximate surface area is 129 Å². The summed E-state index contributed by atoms with van der Waals surface area (Å²) in [7, 11) is 0. The van der Waals surface area contributed by atoms with E-state index in [1.54, 1.807) is 18.4 Å². The maximum absolute atomic E-state index is 10.0. The summed E-state index contributed by atoms with van der Waals surface area (Å²) in [6, 6.07) is 4.01. The van der Waals surface area contributed by atoms with E-state index in [2.05, 4.69) is 15.5 Å². The highest BCUT2D eigenvalue weighted by atomic mass is 16.5. The summed E-state index contributed by atoms with van der Waals surface area (Å²) >= 11 is 0. The molecule has 1 aliphatic carbocycles. The first-order valence-electron chi connectivity index (χ1n) is 8.03. The lowest BCUT2D eigenvalue weighted by molar-refractivity contribution is 0.139. The fourth-order valence-corrected chi connectivity index (χ4v) is 2.98. The second kappa shape index (κ2) is 7.07. The monoisotopic (exact) mass is 305 g/mol. The summed E-state index contributed by atoms with van der Waals surface area (Å²) in [6.45, 7) is 2.54. The SMILES string of the molecule is CCc1noc(C2CCC(NC[C@@H](O)c3ccco3)CC2)n1. The van der Waals surface area contributed by atoms with Crippen LogP contribution in [0, 0.1) is 0 Å². The number of hydrogen-bond acceptors (Lipinski definition) is 6. The zero-order chi connectivity index (χ0) is 15.4. The van der Waals surface area contributed by atoms with Crippen molar-refractivity contribution >= 4 is 0 Å². The summed E-state index contributed by atoms with van der Waals surface area (Å²) in [5.74, 6) is 2.56. The van der Waals surface area contributed by atoms with Crippen molar-refractivity contribution in [3.05, 3.63) is 35.9 Å². The summed E-state index contributed by atoms with van der Waals surface area (Å²) in [6.07, 6.45) is 6.00. The molecule has 0 unspecified atom stereocenters. The molecule has 1 fully saturated rings. The van der Waals surface area contributed by atoms with Gasteiger partial charge in [-0.15, -0.1) is 0 Å². The van der Waals surface area contributed by atoms with Crippen LogP contribution in [0.5, 0.6) is 0 Å². The van der Waals surface area contributed by atoms with Crippen LogP contribution < -0.4 is 5.32 Å². The number of aliphatic hydroxyl groups excluding tert-OH is 1. The first-order chi connectivity index (χ1) is 10.8. The molecule has 6 nitrogen and oxygen atoms in total. The molecule has 1 aliphatic rings. The van der Waals surface area contributed by atoms with E-state index in [0.717, 1.165) is 43.8 Å². The number of aryl methyl sites for hydroxylation is 1. The quantitative estimate of drug-likeness (QED) is 0.853. The highest BCUT2D eigenvalue weighted by molar-refractivity contribution is 5.02. The predicted molar refractivity (Wildman–Crippen MR) is 80.3 cm³/mol. The number of furan rings is 1. The van der Waals surface area contributed by atoms with E-state index in [4.69, 9.17) is 8.94 Å². The van der Waals surface area contributed by atoms with Crippen molar-refractivity contribution in [3.63, 3.8) is 0 Å². The third-order valence-corrected chi connectivity index (χ3v) is 4.35. The summed E-state index contributed by atoms with van der Waals surface area (Å²) < 4.78 is 10.5.